The summed E-state index contributed by atoms with van der Waals surface area (Å²) in [5.41, 5.74) is 3.01. The van der Waals surface area contributed by atoms with Crippen LogP contribution in [0.4, 0.5) is 0 Å². The molecule has 112 valence electrons. The molecule has 4 rings (SSSR count). The molecule has 0 fully saturated rings. The Labute approximate surface area is 136 Å². The standard InChI is InChI=1S/C22H18O/c23-22(19-12-5-2-6-13-19)20-14-8-7-11-18(20)15-16-21(22)17-9-3-1-4-10-17/h1-16,21,23H. The van der Waals surface area contributed by atoms with Crippen molar-refractivity contribution in [1.29, 1.82) is 0 Å². The van der Waals surface area contributed by atoms with Crippen molar-refractivity contribution in [2.75, 3.05) is 0 Å². The summed E-state index contributed by atoms with van der Waals surface area (Å²) >= 11 is 0. The van der Waals surface area contributed by atoms with Gasteiger partial charge in [0.1, 0.15) is 5.60 Å². The molecule has 1 nitrogen and oxygen atoms in total. The highest BCUT2D eigenvalue weighted by molar-refractivity contribution is 5.64. The molecule has 0 heterocycles. The van der Waals surface area contributed by atoms with E-state index in [1.54, 1.807) is 0 Å². The first kappa shape index (κ1) is 14.0. The molecule has 2 atom stereocenters. The first-order valence-electron chi connectivity index (χ1n) is 7.91. The Balaban J connectivity index is 1.97. The molecular formula is C22H18O. The number of hydrogen-bond donors (Lipinski definition) is 1. The van der Waals surface area contributed by atoms with Crippen molar-refractivity contribution in [2.24, 2.45) is 0 Å². The number of rotatable bonds is 2. The van der Waals surface area contributed by atoms with Gasteiger partial charge in [0.2, 0.25) is 0 Å². The Morgan fingerprint density at radius 3 is 2.04 bits per heavy atom. The van der Waals surface area contributed by atoms with E-state index >= 15 is 0 Å². The quantitative estimate of drug-likeness (QED) is 0.725. The fourth-order valence-electron chi connectivity index (χ4n) is 3.54. The first-order valence-corrected chi connectivity index (χ1v) is 7.91. The van der Waals surface area contributed by atoms with Gasteiger partial charge >= 0.3 is 0 Å². The minimum Gasteiger partial charge on any atom is -0.379 e. The lowest BCUT2D eigenvalue weighted by Gasteiger charge is -2.39. The Hall–Kier alpha value is -2.64. The van der Waals surface area contributed by atoms with Crippen molar-refractivity contribution < 1.29 is 5.11 Å². The highest BCUT2D eigenvalue weighted by atomic mass is 16.3. The zero-order valence-electron chi connectivity index (χ0n) is 12.8. The predicted molar refractivity (Wildman–Crippen MR) is 94.1 cm³/mol. The summed E-state index contributed by atoms with van der Waals surface area (Å²) in [7, 11) is 0. The van der Waals surface area contributed by atoms with Crippen LogP contribution in [0.5, 0.6) is 0 Å². The summed E-state index contributed by atoms with van der Waals surface area (Å²) in [5, 5.41) is 11.9. The summed E-state index contributed by atoms with van der Waals surface area (Å²) in [6.45, 7) is 0. The van der Waals surface area contributed by atoms with Crippen LogP contribution in [0, 0.1) is 0 Å². The van der Waals surface area contributed by atoms with Gasteiger partial charge in [0, 0.05) is 5.92 Å². The molecule has 0 saturated heterocycles. The second kappa shape index (κ2) is 5.53. The third-order valence-electron chi connectivity index (χ3n) is 4.66. The van der Waals surface area contributed by atoms with Gasteiger partial charge in [-0.05, 0) is 22.3 Å². The lowest BCUT2D eigenvalue weighted by molar-refractivity contribution is 0.0635. The van der Waals surface area contributed by atoms with E-state index in [4.69, 9.17) is 0 Å². The maximum atomic E-state index is 11.9. The van der Waals surface area contributed by atoms with Crippen molar-refractivity contribution in [2.45, 2.75) is 11.5 Å². The molecule has 0 radical (unpaired) electrons. The van der Waals surface area contributed by atoms with E-state index in [0.717, 1.165) is 22.3 Å². The van der Waals surface area contributed by atoms with Crippen LogP contribution >= 0.6 is 0 Å². The van der Waals surface area contributed by atoms with Crippen molar-refractivity contribution >= 4 is 6.08 Å². The molecule has 23 heavy (non-hydrogen) atoms. The minimum absolute atomic E-state index is 0.110. The smallest absolute Gasteiger partial charge is 0.125 e. The fourth-order valence-corrected chi connectivity index (χ4v) is 3.54. The summed E-state index contributed by atoms with van der Waals surface area (Å²) < 4.78 is 0. The van der Waals surface area contributed by atoms with Gasteiger partial charge in [-0.1, -0.05) is 97.1 Å². The van der Waals surface area contributed by atoms with E-state index in [1.807, 2.05) is 66.7 Å². The second-order valence-corrected chi connectivity index (χ2v) is 5.97. The number of hydrogen-bond acceptors (Lipinski definition) is 1. The van der Waals surface area contributed by atoms with Crippen molar-refractivity contribution in [1.82, 2.24) is 0 Å². The van der Waals surface area contributed by atoms with Crippen LogP contribution in [0.25, 0.3) is 6.08 Å². The lowest BCUT2D eigenvalue weighted by Crippen LogP contribution is -2.36. The van der Waals surface area contributed by atoms with Crippen LogP contribution < -0.4 is 0 Å². The van der Waals surface area contributed by atoms with Crippen molar-refractivity contribution in [3.05, 3.63) is 113 Å². The van der Waals surface area contributed by atoms with Gasteiger partial charge in [0.25, 0.3) is 0 Å². The number of fused-ring (bicyclic) bond motifs is 1. The zero-order chi connectivity index (χ0) is 15.7. The second-order valence-electron chi connectivity index (χ2n) is 5.97. The normalized spacial score (nSPS) is 22.6. The molecule has 3 aromatic carbocycles. The van der Waals surface area contributed by atoms with Gasteiger partial charge in [-0.15, -0.1) is 0 Å². The topological polar surface area (TPSA) is 20.2 Å². The number of benzene rings is 3. The van der Waals surface area contributed by atoms with E-state index in [0.29, 0.717) is 0 Å². The van der Waals surface area contributed by atoms with Crippen LogP contribution in [0.3, 0.4) is 0 Å². The molecule has 3 aromatic rings. The van der Waals surface area contributed by atoms with Crippen LogP contribution in [-0.2, 0) is 5.60 Å². The molecule has 0 aromatic heterocycles. The fraction of sp³-hybridized carbons (Fsp3) is 0.0909. The Kier molecular flexibility index (Phi) is 3.36. The molecule has 1 heteroatoms. The third-order valence-corrected chi connectivity index (χ3v) is 4.66. The molecule has 0 aliphatic heterocycles. The van der Waals surface area contributed by atoms with Crippen LogP contribution in [0.2, 0.25) is 0 Å². The van der Waals surface area contributed by atoms with E-state index in [-0.39, 0.29) is 5.92 Å². The summed E-state index contributed by atoms with van der Waals surface area (Å²) in [6, 6.07) is 28.3. The molecule has 1 N–H and O–H groups in total. The summed E-state index contributed by atoms with van der Waals surface area (Å²) in [5.74, 6) is -0.110. The van der Waals surface area contributed by atoms with Gasteiger partial charge in [0.05, 0.1) is 0 Å². The Morgan fingerprint density at radius 1 is 0.696 bits per heavy atom. The minimum atomic E-state index is -1.06. The molecule has 0 saturated carbocycles. The van der Waals surface area contributed by atoms with E-state index < -0.39 is 5.60 Å². The SMILES string of the molecule is OC1(c2ccccc2)c2ccccc2C=CC1c1ccccc1. The first-order chi connectivity index (χ1) is 11.3. The predicted octanol–water partition coefficient (Wildman–Crippen LogP) is 4.73. The van der Waals surface area contributed by atoms with Gasteiger partial charge in [0.15, 0.2) is 0 Å². The van der Waals surface area contributed by atoms with E-state index in [2.05, 4.69) is 30.4 Å². The molecule has 0 bridgehead atoms. The monoisotopic (exact) mass is 298 g/mol. The van der Waals surface area contributed by atoms with Crippen LogP contribution in [0.15, 0.2) is 91.0 Å². The maximum absolute atomic E-state index is 11.9. The van der Waals surface area contributed by atoms with Gasteiger partial charge in [-0.25, -0.2) is 0 Å². The molecule has 1 aliphatic rings. The molecule has 1 aliphatic carbocycles. The van der Waals surface area contributed by atoms with Gasteiger partial charge < -0.3 is 5.11 Å². The average molecular weight is 298 g/mol. The Bertz CT molecular complexity index is 836. The van der Waals surface area contributed by atoms with Crippen LogP contribution in [-0.4, -0.2) is 5.11 Å². The van der Waals surface area contributed by atoms with Crippen molar-refractivity contribution in [3.63, 3.8) is 0 Å². The van der Waals surface area contributed by atoms with Crippen molar-refractivity contribution in [3.8, 4) is 0 Å². The van der Waals surface area contributed by atoms with Gasteiger partial charge in [-0.2, -0.15) is 0 Å². The number of aliphatic hydroxyl groups is 1. The van der Waals surface area contributed by atoms with E-state index in [9.17, 15) is 5.11 Å². The maximum Gasteiger partial charge on any atom is 0.125 e. The Morgan fingerprint density at radius 2 is 1.30 bits per heavy atom. The van der Waals surface area contributed by atoms with E-state index in [1.165, 1.54) is 0 Å². The van der Waals surface area contributed by atoms with Crippen LogP contribution in [0.1, 0.15) is 28.2 Å². The average Bonchev–Trinajstić information content (AvgIpc) is 2.64. The molecule has 0 amide bonds. The molecule has 0 spiro atoms. The lowest BCUT2D eigenvalue weighted by atomic mass is 9.69. The highest BCUT2D eigenvalue weighted by Crippen LogP contribution is 2.47. The van der Waals surface area contributed by atoms with Gasteiger partial charge in [-0.3, -0.25) is 0 Å². The zero-order valence-corrected chi connectivity index (χ0v) is 12.8. The molecule has 2 unspecified atom stereocenters. The third kappa shape index (κ3) is 2.21. The largest absolute Gasteiger partial charge is 0.379 e. The molecular weight excluding hydrogens is 280 g/mol. The summed E-state index contributed by atoms with van der Waals surface area (Å²) in [6.07, 6.45) is 4.23. The summed E-state index contributed by atoms with van der Waals surface area (Å²) in [4.78, 5) is 0. The highest BCUT2D eigenvalue weighted by Gasteiger charge is 2.42.